The van der Waals surface area contributed by atoms with Gasteiger partial charge in [0.25, 0.3) is 0 Å². The molecule has 0 aliphatic rings. The minimum Gasteiger partial charge on any atom is -0.477 e. The maximum Gasteiger partial charge on any atom is 0.363 e. The van der Waals surface area contributed by atoms with Gasteiger partial charge < -0.3 is 25.4 Å². The zero-order valence-corrected chi connectivity index (χ0v) is 13.2. The van der Waals surface area contributed by atoms with Crippen molar-refractivity contribution in [1.82, 2.24) is 9.97 Å². The maximum atomic E-state index is 11.3. The molecular formula is C12H22N4O4S+2. The lowest BCUT2D eigenvalue weighted by Crippen LogP contribution is -2.66. The Morgan fingerprint density at radius 1 is 1.38 bits per heavy atom. The standard InChI is InChI=1S/C12H20N4O4S/c1-16(2,3)9(11(19)20)4-7-5-14-12(15-7)21-6-8(13)10(17)18/h5,8-9H,4,6,13H2,1-3H3,(H2-,14,15,17,18,19,20)/p+2/t8?,9-/m0/s1. The van der Waals surface area contributed by atoms with Crippen LogP contribution in [0.5, 0.6) is 0 Å². The molecule has 9 heteroatoms. The van der Waals surface area contributed by atoms with Gasteiger partial charge in [-0.05, 0) is 0 Å². The van der Waals surface area contributed by atoms with Gasteiger partial charge in [0, 0.05) is 11.9 Å². The molecule has 0 spiro atoms. The smallest absolute Gasteiger partial charge is 0.363 e. The van der Waals surface area contributed by atoms with E-state index < -0.39 is 24.0 Å². The molecule has 1 aromatic rings. The number of imidazole rings is 1. The number of carbonyl (C=O) groups is 2. The third-order valence-electron chi connectivity index (χ3n) is 3.01. The van der Waals surface area contributed by atoms with Crippen LogP contribution in [-0.2, 0) is 16.0 Å². The van der Waals surface area contributed by atoms with Crippen LogP contribution in [0.15, 0.2) is 11.4 Å². The number of H-pyrrole nitrogens is 1. The molecule has 1 rings (SSSR count). The second kappa shape index (κ2) is 6.92. The molecule has 1 aromatic heterocycles. The van der Waals surface area contributed by atoms with Gasteiger partial charge in [0.2, 0.25) is 0 Å². The average Bonchev–Trinajstić information content (AvgIpc) is 2.78. The van der Waals surface area contributed by atoms with E-state index in [1.807, 2.05) is 21.1 Å². The topological polar surface area (TPSA) is 131 Å². The first-order valence-corrected chi connectivity index (χ1v) is 7.36. The number of hydrogen-bond acceptors (Lipinski definition) is 4. The Bertz CT molecular complexity index is 512. The number of aromatic amines is 1. The highest BCUT2D eigenvalue weighted by atomic mass is 32.2. The lowest BCUT2D eigenvalue weighted by Gasteiger charge is -2.30. The van der Waals surface area contributed by atoms with Gasteiger partial charge in [-0.25, -0.2) is 14.6 Å². The number of nitrogens with one attached hydrogen (secondary N) is 1. The maximum absolute atomic E-state index is 11.3. The van der Waals surface area contributed by atoms with E-state index in [2.05, 4.69) is 15.7 Å². The van der Waals surface area contributed by atoms with Crippen LogP contribution in [0.1, 0.15) is 5.69 Å². The molecule has 8 nitrogen and oxygen atoms in total. The summed E-state index contributed by atoms with van der Waals surface area (Å²) in [7, 11) is 5.47. The van der Waals surface area contributed by atoms with Gasteiger partial charge in [-0.2, -0.15) is 0 Å². The molecule has 0 saturated carbocycles. The minimum absolute atomic E-state index is 0.302. The van der Waals surface area contributed by atoms with Crippen molar-refractivity contribution in [3.63, 3.8) is 0 Å². The van der Waals surface area contributed by atoms with Gasteiger partial charge in [0.1, 0.15) is 0 Å². The molecule has 1 unspecified atom stereocenters. The van der Waals surface area contributed by atoms with Crippen molar-refractivity contribution in [3.05, 3.63) is 11.9 Å². The van der Waals surface area contributed by atoms with E-state index in [-0.39, 0.29) is 0 Å². The van der Waals surface area contributed by atoms with Crippen LogP contribution < -0.4 is 5.73 Å². The lowest BCUT2D eigenvalue weighted by molar-refractivity contribution is -0.887. The van der Waals surface area contributed by atoms with Crippen LogP contribution in [0.3, 0.4) is 0 Å². The number of carboxylic acid groups (broad SMARTS) is 2. The molecule has 21 heavy (non-hydrogen) atoms. The molecule has 0 aliphatic carbocycles. The van der Waals surface area contributed by atoms with E-state index in [4.69, 9.17) is 5.11 Å². The molecule has 0 radical (unpaired) electrons. The van der Waals surface area contributed by atoms with E-state index in [9.17, 15) is 14.7 Å². The number of carboxylic acids is 2. The lowest BCUT2D eigenvalue weighted by atomic mass is 10.1. The summed E-state index contributed by atoms with van der Waals surface area (Å²) in [5.74, 6) is -1.51. The first kappa shape index (κ1) is 17.5. The van der Waals surface area contributed by atoms with Crippen molar-refractivity contribution in [3.8, 4) is 0 Å². The van der Waals surface area contributed by atoms with E-state index >= 15 is 0 Å². The van der Waals surface area contributed by atoms with Crippen molar-refractivity contribution >= 4 is 23.7 Å². The highest BCUT2D eigenvalue weighted by Gasteiger charge is 2.32. The highest BCUT2D eigenvalue weighted by molar-refractivity contribution is 7.99. The second-order valence-electron chi connectivity index (χ2n) is 5.73. The number of hydrogen-bond donors (Lipinski definition) is 4. The van der Waals surface area contributed by atoms with E-state index in [0.717, 1.165) is 0 Å². The fourth-order valence-corrected chi connectivity index (χ4v) is 2.50. The normalized spacial score (nSPS) is 14.7. The number of aromatic nitrogens is 2. The Morgan fingerprint density at radius 3 is 2.48 bits per heavy atom. The molecule has 0 bridgehead atoms. The van der Waals surface area contributed by atoms with Crippen LogP contribution in [-0.4, -0.2) is 75.6 Å². The van der Waals surface area contributed by atoms with Crippen molar-refractivity contribution in [2.45, 2.75) is 23.7 Å². The number of nitrogens with zero attached hydrogens (tertiary/aromatic N) is 2. The van der Waals surface area contributed by atoms with Gasteiger partial charge in [0.05, 0.1) is 33.3 Å². The summed E-state index contributed by atoms with van der Waals surface area (Å²) < 4.78 is 0.302. The first-order chi connectivity index (χ1) is 9.61. The van der Waals surface area contributed by atoms with Gasteiger partial charge in [0.15, 0.2) is 17.2 Å². The number of quaternary nitrogens is 2. The predicted molar refractivity (Wildman–Crippen MR) is 76.8 cm³/mol. The summed E-state index contributed by atoms with van der Waals surface area (Å²) in [6.45, 7) is 0. The van der Waals surface area contributed by atoms with Crippen LogP contribution in [0.4, 0.5) is 0 Å². The molecular weight excluding hydrogens is 296 g/mol. The zero-order valence-electron chi connectivity index (χ0n) is 12.4. The molecule has 1 heterocycles. The third kappa shape index (κ3) is 5.37. The largest absolute Gasteiger partial charge is 0.477 e. The summed E-state index contributed by atoms with van der Waals surface area (Å²) in [4.78, 5) is 29.2. The number of aliphatic carboxylic acids is 2. The van der Waals surface area contributed by atoms with Gasteiger partial charge in [-0.15, -0.1) is 0 Å². The Balaban J connectivity index is 2.66. The molecule has 0 saturated heterocycles. The summed E-state index contributed by atoms with van der Waals surface area (Å²) in [6.07, 6.45) is 1.92. The molecule has 2 atom stereocenters. The summed E-state index contributed by atoms with van der Waals surface area (Å²) >= 11 is 1.26. The summed E-state index contributed by atoms with van der Waals surface area (Å²) in [5.41, 5.74) is 4.24. The van der Waals surface area contributed by atoms with Crippen molar-refractivity contribution in [2.75, 3.05) is 26.9 Å². The first-order valence-electron chi connectivity index (χ1n) is 6.37. The fourth-order valence-electron chi connectivity index (χ4n) is 1.67. The fraction of sp³-hybridized carbons (Fsp3) is 0.583. The monoisotopic (exact) mass is 318 g/mol. The highest BCUT2D eigenvalue weighted by Crippen LogP contribution is 2.17. The average molecular weight is 318 g/mol. The van der Waals surface area contributed by atoms with Gasteiger partial charge in [-0.1, -0.05) is 11.8 Å². The van der Waals surface area contributed by atoms with Crippen molar-refractivity contribution < 1.29 is 30.0 Å². The van der Waals surface area contributed by atoms with Gasteiger partial charge >= 0.3 is 11.9 Å². The molecule has 6 N–H and O–H groups in total. The van der Waals surface area contributed by atoms with Crippen LogP contribution in [0.25, 0.3) is 0 Å². The molecule has 118 valence electrons. The quantitative estimate of drug-likeness (QED) is 0.355. The van der Waals surface area contributed by atoms with E-state index in [1.54, 1.807) is 6.20 Å². The van der Waals surface area contributed by atoms with E-state index in [0.29, 0.717) is 27.5 Å². The van der Waals surface area contributed by atoms with Crippen LogP contribution >= 0.6 is 11.8 Å². The number of thioether (sulfide) groups is 1. The number of rotatable bonds is 8. The third-order valence-corrected chi connectivity index (χ3v) is 4.06. The zero-order chi connectivity index (χ0) is 16.2. The summed E-state index contributed by atoms with van der Waals surface area (Å²) in [5, 5.41) is 18.6. The second-order valence-corrected chi connectivity index (χ2v) is 6.74. The van der Waals surface area contributed by atoms with Crippen LogP contribution in [0.2, 0.25) is 0 Å². The Morgan fingerprint density at radius 2 is 2.00 bits per heavy atom. The number of likely N-dealkylation sites (N-methyl/N-ethyl adjacent to an activating group) is 1. The predicted octanol–water partition coefficient (Wildman–Crippen LogP) is -1.10. The van der Waals surface area contributed by atoms with E-state index in [1.165, 1.54) is 11.8 Å². The summed E-state index contributed by atoms with van der Waals surface area (Å²) in [6, 6.07) is -1.29. The van der Waals surface area contributed by atoms with Crippen molar-refractivity contribution in [1.29, 1.82) is 0 Å². The Hall–Kier alpha value is -1.58. The minimum atomic E-state index is -0.953. The molecule has 0 aromatic carbocycles. The molecule has 0 fully saturated rings. The Kier molecular flexibility index (Phi) is 5.76. The van der Waals surface area contributed by atoms with Crippen LogP contribution in [0, 0.1) is 0 Å². The SMILES string of the molecule is C[N+](C)(C)[C@@H](Cc1cnc(SCC([NH3+])C(=O)O)[nH]1)C(=O)O. The molecule has 0 aliphatic heterocycles. The van der Waals surface area contributed by atoms with Gasteiger partial charge in [-0.3, -0.25) is 0 Å². The molecule has 0 amide bonds. The Labute approximate surface area is 126 Å². The van der Waals surface area contributed by atoms with Crippen molar-refractivity contribution in [2.24, 2.45) is 0 Å².